The van der Waals surface area contributed by atoms with Gasteiger partial charge in [0, 0.05) is 23.5 Å². The fourth-order valence-electron chi connectivity index (χ4n) is 4.55. The number of hydrogen-bond acceptors (Lipinski definition) is 6. The Hall–Kier alpha value is -2.57. The number of Topliss-reactive ketones (excluding diaryl/α,β-unsaturated/α-hetero) is 1. The second-order valence-corrected chi connectivity index (χ2v) is 9.07. The number of benzene rings is 1. The van der Waals surface area contributed by atoms with Gasteiger partial charge >= 0.3 is 0 Å². The average molecular weight is 429 g/mol. The van der Waals surface area contributed by atoms with Crippen LogP contribution in [0, 0.1) is 17.8 Å². The van der Waals surface area contributed by atoms with Crippen molar-refractivity contribution < 1.29 is 30.0 Å². The summed E-state index contributed by atoms with van der Waals surface area (Å²) >= 11 is 0. The monoisotopic (exact) mass is 428 g/mol. The van der Waals surface area contributed by atoms with E-state index in [2.05, 4.69) is 0 Å². The molecule has 0 saturated heterocycles. The molecule has 31 heavy (non-hydrogen) atoms. The van der Waals surface area contributed by atoms with E-state index in [1.807, 2.05) is 39.8 Å². The van der Waals surface area contributed by atoms with Gasteiger partial charge < -0.3 is 25.2 Å². The van der Waals surface area contributed by atoms with E-state index in [4.69, 9.17) is 4.74 Å². The highest BCUT2D eigenvalue weighted by atomic mass is 16.5. The molecule has 0 radical (unpaired) electrons. The fourth-order valence-corrected chi connectivity index (χ4v) is 4.55. The van der Waals surface area contributed by atoms with E-state index < -0.39 is 30.1 Å². The lowest BCUT2D eigenvalue weighted by molar-refractivity contribution is -0.165. The van der Waals surface area contributed by atoms with Crippen LogP contribution >= 0.6 is 0 Å². The Morgan fingerprint density at radius 3 is 2.16 bits per heavy atom. The molecule has 6 nitrogen and oxygen atoms in total. The second-order valence-electron chi connectivity index (χ2n) is 9.07. The zero-order valence-electron chi connectivity index (χ0n) is 18.4. The van der Waals surface area contributed by atoms with Crippen LogP contribution in [0.4, 0.5) is 0 Å². The van der Waals surface area contributed by atoms with Crippen LogP contribution in [-0.2, 0) is 9.53 Å². The first-order valence-electron chi connectivity index (χ1n) is 10.7. The summed E-state index contributed by atoms with van der Waals surface area (Å²) in [6, 6.07) is 3.99. The van der Waals surface area contributed by atoms with Gasteiger partial charge in [0.2, 0.25) is 0 Å². The van der Waals surface area contributed by atoms with Gasteiger partial charge in [-0.1, -0.05) is 23.3 Å². The predicted octanol–water partition coefficient (Wildman–Crippen LogP) is 3.70. The van der Waals surface area contributed by atoms with E-state index in [1.54, 1.807) is 0 Å². The Balaban J connectivity index is 2.01. The summed E-state index contributed by atoms with van der Waals surface area (Å²) in [6.45, 7) is 7.85. The van der Waals surface area contributed by atoms with Crippen LogP contribution in [-0.4, -0.2) is 44.5 Å². The van der Waals surface area contributed by atoms with Gasteiger partial charge in [0.1, 0.15) is 17.6 Å². The lowest BCUT2D eigenvalue weighted by Crippen LogP contribution is -2.59. The minimum atomic E-state index is -1.09. The largest absolute Gasteiger partial charge is 0.508 e. The SMILES string of the molecule is CC(C)=CCC1C(O)C(CC=C(C)C)C2OC=C(c3ccc(O)cc3O)C(=O)C2C1O. The molecule has 1 aromatic rings. The van der Waals surface area contributed by atoms with Crippen LogP contribution in [0.25, 0.3) is 5.57 Å². The van der Waals surface area contributed by atoms with Crippen LogP contribution in [0.2, 0.25) is 0 Å². The van der Waals surface area contributed by atoms with Crippen molar-refractivity contribution in [2.45, 2.75) is 58.8 Å². The maximum Gasteiger partial charge on any atom is 0.176 e. The second kappa shape index (κ2) is 9.28. The standard InChI is InChI=1S/C25H32O6/c1-13(2)5-8-17-22(28)18(9-6-14(3)4)25-21(23(17)29)24(30)19(12-31-25)16-10-7-15(26)11-20(16)27/h5-7,10-12,17-18,21-23,25-29H,8-9H2,1-4H3. The Morgan fingerprint density at radius 1 is 0.968 bits per heavy atom. The number of phenolic OH excluding ortho intramolecular Hbond substituents is 2. The smallest absolute Gasteiger partial charge is 0.176 e. The molecule has 1 fully saturated rings. The summed E-state index contributed by atoms with van der Waals surface area (Å²) in [7, 11) is 0. The molecule has 3 rings (SSSR count). The lowest BCUT2D eigenvalue weighted by atomic mass is 9.64. The molecule has 6 atom stereocenters. The first-order chi connectivity index (χ1) is 14.6. The van der Waals surface area contributed by atoms with Crippen LogP contribution in [0.1, 0.15) is 46.1 Å². The third-order valence-corrected chi connectivity index (χ3v) is 6.24. The summed E-state index contributed by atoms with van der Waals surface area (Å²) in [5.74, 6) is -2.41. The Labute approximate surface area is 183 Å². The van der Waals surface area contributed by atoms with Crippen LogP contribution < -0.4 is 0 Å². The van der Waals surface area contributed by atoms with E-state index in [1.165, 1.54) is 18.4 Å². The van der Waals surface area contributed by atoms with Gasteiger partial charge in [0.05, 0.1) is 30.0 Å². The highest BCUT2D eigenvalue weighted by Crippen LogP contribution is 2.45. The van der Waals surface area contributed by atoms with Gasteiger partial charge in [0.25, 0.3) is 0 Å². The molecular weight excluding hydrogens is 396 g/mol. The van der Waals surface area contributed by atoms with E-state index in [0.29, 0.717) is 12.8 Å². The summed E-state index contributed by atoms with van der Waals surface area (Å²) in [5.41, 5.74) is 2.56. The first kappa shape index (κ1) is 23.1. The fraction of sp³-hybridized carbons (Fsp3) is 0.480. The summed E-state index contributed by atoms with van der Waals surface area (Å²) in [5, 5.41) is 42.1. The van der Waals surface area contributed by atoms with E-state index in [0.717, 1.165) is 17.2 Å². The van der Waals surface area contributed by atoms with Gasteiger partial charge in [-0.05, 0) is 52.7 Å². The molecule has 1 aliphatic heterocycles. The maximum atomic E-state index is 13.5. The number of ketones is 1. The maximum absolute atomic E-state index is 13.5. The topological polar surface area (TPSA) is 107 Å². The zero-order chi connectivity index (χ0) is 22.9. The molecule has 4 N–H and O–H groups in total. The number of rotatable bonds is 5. The molecule has 0 bridgehead atoms. The number of aliphatic hydroxyl groups is 2. The number of fused-ring (bicyclic) bond motifs is 1. The van der Waals surface area contributed by atoms with Crippen LogP contribution in [0.5, 0.6) is 11.5 Å². The molecule has 0 aromatic heterocycles. The normalized spacial score (nSPS) is 30.0. The van der Waals surface area contributed by atoms with Crippen molar-refractivity contribution in [2.24, 2.45) is 17.8 Å². The number of carbonyl (C=O) groups excluding carboxylic acids is 1. The first-order valence-corrected chi connectivity index (χ1v) is 10.7. The molecule has 168 valence electrons. The minimum absolute atomic E-state index is 0.117. The summed E-state index contributed by atoms with van der Waals surface area (Å²) < 4.78 is 5.94. The van der Waals surface area contributed by atoms with Crippen molar-refractivity contribution in [3.05, 3.63) is 53.3 Å². The van der Waals surface area contributed by atoms with Gasteiger partial charge in [0.15, 0.2) is 5.78 Å². The molecule has 1 aromatic carbocycles. The minimum Gasteiger partial charge on any atom is -0.508 e. The zero-order valence-corrected chi connectivity index (χ0v) is 18.4. The molecule has 1 heterocycles. The van der Waals surface area contributed by atoms with Gasteiger partial charge in [-0.2, -0.15) is 0 Å². The molecule has 0 amide bonds. The highest BCUT2D eigenvalue weighted by Gasteiger charge is 2.54. The number of aromatic hydroxyl groups is 2. The molecule has 1 saturated carbocycles. The number of aliphatic hydroxyl groups excluding tert-OH is 2. The van der Waals surface area contributed by atoms with Crippen molar-refractivity contribution >= 4 is 11.4 Å². The van der Waals surface area contributed by atoms with Gasteiger partial charge in [-0.25, -0.2) is 0 Å². The Morgan fingerprint density at radius 2 is 1.58 bits per heavy atom. The third kappa shape index (κ3) is 4.70. The number of hydrogen-bond donors (Lipinski definition) is 4. The van der Waals surface area contributed by atoms with E-state index in [9.17, 15) is 25.2 Å². The predicted molar refractivity (Wildman–Crippen MR) is 118 cm³/mol. The number of ether oxygens (including phenoxy) is 1. The van der Waals surface area contributed by atoms with E-state index in [-0.39, 0.29) is 34.3 Å². The van der Waals surface area contributed by atoms with Crippen molar-refractivity contribution in [3.63, 3.8) is 0 Å². The summed E-state index contributed by atoms with van der Waals surface area (Å²) in [6.07, 6.45) is 3.69. The average Bonchev–Trinajstić information content (AvgIpc) is 2.68. The molecule has 6 heteroatoms. The van der Waals surface area contributed by atoms with Gasteiger partial charge in [-0.3, -0.25) is 4.79 Å². The van der Waals surface area contributed by atoms with Crippen molar-refractivity contribution in [3.8, 4) is 11.5 Å². The van der Waals surface area contributed by atoms with Crippen LogP contribution in [0.3, 0.4) is 0 Å². The quantitative estimate of drug-likeness (QED) is 0.533. The molecule has 2 aliphatic rings. The van der Waals surface area contributed by atoms with E-state index >= 15 is 0 Å². The van der Waals surface area contributed by atoms with Crippen LogP contribution in [0.15, 0.2) is 47.8 Å². The number of phenols is 2. The van der Waals surface area contributed by atoms with Gasteiger partial charge in [-0.15, -0.1) is 0 Å². The lowest BCUT2D eigenvalue weighted by Gasteiger charge is -2.48. The molecule has 0 spiro atoms. The Bertz CT molecular complexity index is 920. The Kier molecular flexibility index (Phi) is 6.92. The van der Waals surface area contributed by atoms with Crippen molar-refractivity contribution in [1.82, 2.24) is 0 Å². The summed E-state index contributed by atoms with van der Waals surface area (Å²) in [4.78, 5) is 13.5. The molecular formula is C25H32O6. The highest BCUT2D eigenvalue weighted by molar-refractivity contribution is 6.23. The van der Waals surface area contributed by atoms with Crippen molar-refractivity contribution in [2.75, 3.05) is 0 Å². The number of carbonyl (C=O) groups is 1. The molecule has 1 aliphatic carbocycles. The molecule has 6 unspecified atom stereocenters. The van der Waals surface area contributed by atoms with Crippen molar-refractivity contribution in [1.29, 1.82) is 0 Å². The number of allylic oxidation sites excluding steroid dienone is 5. The third-order valence-electron chi connectivity index (χ3n) is 6.24.